The predicted octanol–water partition coefficient (Wildman–Crippen LogP) is 3.43. The lowest BCUT2D eigenvalue weighted by Gasteiger charge is -2.37. The normalized spacial score (nSPS) is 27.0. The van der Waals surface area contributed by atoms with Crippen molar-refractivity contribution in [2.75, 3.05) is 11.9 Å². The number of nitrogens with two attached hydrogens (primary N) is 1. The smallest absolute Gasteiger partial charge is 0.231 e. The van der Waals surface area contributed by atoms with Crippen LogP contribution >= 0.6 is 11.6 Å². The van der Waals surface area contributed by atoms with Crippen molar-refractivity contribution in [2.24, 2.45) is 17.1 Å². The SMILES string of the molecule is CC1CCC(CN)(C(=O)Nc2cccc(Cl)c2)CC1. The summed E-state index contributed by atoms with van der Waals surface area (Å²) in [5, 5.41) is 3.58. The molecule has 1 aromatic carbocycles. The van der Waals surface area contributed by atoms with Gasteiger partial charge in [0.15, 0.2) is 0 Å². The first kappa shape index (κ1) is 14.4. The molecule has 19 heavy (non-hydrogen) atoms. The van der Waals surface area contributed by atoms with Crippen LogP contribution in [0, 0.1) is 11.3 Å². The van der Waals surface area contributed by atoms with E-state index in [1.807, 2.05) is 12.1 Å². The van der Waals surface area contributed by atoms with Gasteiger partial charge in [-0.25, -0.2) is 0 Å². The average molecular weight is 281 g/mol. The Morgan fingerprint density at radius 2 is 2.16 bits per heavy atom. The van der Waals surface area contributed by atoms with Crippen LogP contribution in [0.3, 0.4) is 0 Å². The second kappa shape index (κ2) is 5.93. The van der Waals surface area contributed by atoms with Gasteiger partial charge >= 0.3 is 0 Å². The van der Waals surface area contributed by atoms with E-state index < -0.39 is 5.41 Å². The Labute approximate surface area is 119 Å². The summed E-state index contributed by atoms with van der Waals surface area (Å²) in [4.78, 5) is 12.5. The van der Waals surface area contributed by atoms with Gasteiger partial charge in [-0.2, -0.15) is 0 Å². The first-order valence-corrected chi connectivity index (χ1v) is 7.21. The molecule has 3 nitrogen and oxygen atoms in total. The number of nitrogens with one attached hydrogen (secondary N) is 1. The van der Waals surface area contributed by atoms with Crippen molar-refractivity contribution in [3.8, 4) is 0 Å². The lowest BCUT2D eigenvalue weighted by molar-refractivity contribution is -0.127. The second-order valence-corrected chi connectivity index (χ2v) is 6.07. The third-order valence-corrected chi connectivity index (χ3v) is 4.42. The zero-order valence-electron chi connectivity index (χ0n) is 11.3. The molecule has 0 aliphatic heterocycles. The molecule has 0 heterocycles. The van der Waals surface area contributed by atoms with Crippen molar-refractivity contribution in [1.29, 1.82) is 0 Å². The minimum Gasteiger partial charge on any atom is -0.329 e. The summed E-state index contributed by atoms with van der Waals surface area (Å²) < 4.78 is 0. The quantitative estimate of drug-likeness (QED) is 0.891. The molecule has 1 aromatic rings. The summed E-state index contributed by atoms with van der Waals surface area (Å²) in [6, 6.07) is 7.22. The molecule has 1 amide bonds. The standard InChI is InChI=1S/C15H21ClN2O/c1-11-5-7-15(10-17,8-6-11)14(19)18-13-4-2-3-12(16)9-13/h2-4,9,11H,5-8,10,17H2,1H3,(H,18,19). The number of amides is 1. The van der Waals surface area contributed by atoms with Crippen LogP contribution in [0.5, 0.6) is 0 Å². The molecule has 0 aromatic heterocycles. The highest BCUT2D eigenvalue weighted by Gasteiger charge is 2.39. The summed E-state index contributed by atoms with van der Waals surface area (Å²) in [6.07, 6.45) is 3.88. The van der Waals surface area contributed by atoms with Crippen molar-refractivity contribution in [3.05, 3.63) is 29.3 Å². The summed E-state index contributed by atoms with van der Waals surface area (Å²) in [5.74, 6) is 0.725. The fraction of sp³-hybridized carbons (Fsp3) is 0.533. The van der Waals surface area contributed by atoms with E-state index in [4.69, 9.17) is 17.3 Å². The van der Waals surface area contributed by atoms with Crippen LogP contribution in [0.4, 0.5) is 5.69 Å². The van der Waals surface area contributed by atoms with Gasteiger partial charge in [-0.15, -0.1) is 0 Å². The summed E-state index contributed by atoms with van der Waals surface area (Å²) in [6.45, 7) is 2.64. The van der Waals surface area contributed by atoms with Crippen LogP contribution in [-0.2, 0) is 4.79 Å². The largest absolute Gasteiger partial charge is 0.329 e. The molecule has 0 unspecified atom stereocenters. The van der Waals surface area contributed by atoms with Crippen molar-refractivity contribution in [2.45, 2.75) is 32.6 Å². The van der Waals surface area contributed by atoms with Gasteiger partial charge in [-0.1, -0.05) is 24.6 Å². The molecule has 1 aliphatic rings. The van der Waals surface area contributed by atoms with Crippen molar-refractivity contribution in [1.82, 2.24) is 0 Å². The van der Waals surface area contributed by atoms with E-state index in [0.29, 0.717) is 17.5 Å². The minimum atomic E-state index is -0.408. The van der Waals surface area contributed by atoms with E-state index in [-0.39, 0.29) is 5.91 Å². The number of rotatable bonds is 3. The minimum absolute atomic E-state index is 0.0316. The van der Waals surface area contributed by atoms with Gasteiger partial charge in [-0.05, 0) is 49.8 Å². The van der Waals surface area contributed by atoms with Crippen LogP contribution in [0.15, 0.2) is 24.3 Å². The highest BCUT2D eigenvalue weighted by atomic mass is 35.5. The van der Waals surface area contributed by atoms with Gasteiger partial charge in [0.2, 0.25) is 5.91 Å². The zero-order chi connectivity index (χ0) is 13.9. The van der Waals surface area contributed by atoms with Gasteiger partial charge in [0.05, 0.1) is 5.41 Å². The summed E-state index contributed by atoms with van der Waals surface area (Å²) >= 11 is 5.93. The lowest BCUT2D eigenvalue weighted by atomic mass is 9.70. The van der Waals surface area contributed by atoms with Crippen molar-refractivity contribution >= 4 is 23.2 Å². The number of halogens is 1. The van der Waals surface area contributed by atoms with E-state index in [2.05, 4.69) is 12.2 Å². The van der Waals surface area contributed by atoms with Crippen LogP contribution in [0.2, 0.25) is 5.02 Å². The average Bonchev–Trinajstić information content (AvgIpc) is 2.40. The topological polar surface area (TPSA) is 55.1 Å². The second-order valence-electron chi connectivity index (χ2n) is 5.63. The lowest BCUT2D eigenvalue weighted by Crippen LogP contribution is -2.44. The molecule has 1 saturated carbocycles. The highest BCUT2D eigenvalue weighted by molar-refractivity contribution is 6.30. The molecule has 3 N–H and O–H groups in total. The van der Waals surface area contributed by atoms with Gasteiger partial charge in [0, 0.05) is 17.3 Å². The Morgan fingerprint density at radius 3 is 2.74 bits per heavy atom. The van der Waals surface area contributed by atoms with Crippen LogP contribution in [-0.4, -0.2) is 12.5 Å². The van der Waals surface area contributed by atoms with Gasteiger partial charge < -0.3 is 11.1 Å². The number of benzene rings is 1. The third-order valence-electron chi connectivity index (χ3n) is 4.19. The maximum atomic E-state index is 12.5. The number of anilines is 1. The van der Waals surface area contributed by atoms with Crippen molar-refractivity contribution in [3.63, 3.8) is 0 Å². The molecule has 1 aliphatic carbocycles. The molecular formula is C15H21ClN2O. The number of hydrogen-bond acceptors (Lipinski definition) is 2. The first-order valence-electron chi connectivity index (χ1n) is 6.83. The highest BCUT2D eigenvalue weighted by Crippen LogP contribution is 2.39. The Kier molecular flexibility index (Phi) is 4.48. The van der Waals surface area contributed by atoms with E-state index in [1.165, 1.54) is 0 Å². The van der Waals surface area contributed by atoms with E-state index in [1.54, 1.807) is 12.1 Å². The van der Waals surface area contributed by atoms with E-state index in [9.17, 15) is 4.79 Å². The first-order chi connectivity index (χ1) is 9.05. The van der Waals surface area contributed by atoms with Crippen molar-refractivity contribution < 1.29 is 4.79 Å². The number of carbonyl (C=O) groups is 1. The Hall–Kier alpha value is -1.06. The molecule has 0 spiro atoms. The molecule has 2 rings (SSSR count). The molecule has 0 radical (unpaired) electrons. The number of carbonyl (C=O) groups excluding carboxylic acids is 1. The van der Waals surface area contributed by atoms with Crippen LogP contribution in [0.1, 0.15) is 32.6 Å². The molecular weight excluding hydrogens is 260 g/mol. The Morgan fingerprint density at radius 1 is 1.47 bits per heavy atom. The molecule has 4 heteroatoms. The fourth-order valence-electron chi connectivity index (χ4n) is 2.67. The fourth-order valence-corrected chi connectivity index (χ4v) is 2.86. The van der Waals surface area contributed by atoms with Crippen LogP contribution < -0.4 is 11.1 Å². The number of hydrogen-bond donors (Lipinski definition) is 2. The third kappa shape index (κ3) is 3.28. The molecule has 104 valence electrons. The molecule has 0 saturated heterocycles. The Bertz CT molecular complexity index is 453. The molecule has 1 fully saturated rings. The maximum absolute atomic E-state index is 12.5. The van der Waals surface area contributed by atoms with Gasteiger partial charge in [0.25, 0.3) is 0 Å². The maximum Gasteiger partial charge on any atom is 0.231 e. The molecule has 0 bridgehead atoms. The van der Waals surface area contributed by atoms with E-state index >= 15 is 0 Å². The van der Waals surface area contributed by atoms with Gasteiger partial charge in [0.1, 0.15) is 0 Å². The summed E-state index contributed by atoms with van der Waals surface area (Å²) in [7, 11) is 0. The van der Waals surface area contributed by atoms with Gasteiger partial charge in [-0.3, -0.25) is 4.79 Å². The van der Waals surface area contributed by atoms with Crippen LogP contribution in [0.25, 0.3) is 0 Å². The zero-order valence-corrected chi connectivity index (χ0v) is 12.0. The Balaban J connectivity index is 2.09. The predicted molar refractivity (Wildman–Crippen MR) is 79.2 cm³/mol. The molecule has 0 atom stereocenters. The monoisotopic (exact) mass is 280 g/mol. The van der Waals surface area contributed by atoms with E-state index in [0.717, 1.165) is 31.4 Å². The summed E-state index contributed by atoms with van der Waals surface area (Å²) in [5.41, 5.74) is 6.21.